The van der Waals surface area contributed by atoms with Crippen LogP contribution >= 0.6 is 11.6 Å². The molecule has 0 aliphatic heterocycles. The normalized spacial score (nSPS) is 23.7. The van der Waals surface area contributed by atoms with Crippen molar-refractivity contribution in [2.75, 3.05) is 0 Å². The fourth-order valence-electron chi connectivity index (χ4n) is 3.64. The van der Waals surface area contributed by atoms with Crippen molar-refractivity contribution in [1.82, 2.24) is 15.4 Å². The van der Waals surface area contributed by atoms with Gasteiger partial charge in [-0.2, -0.15) is 0 Å². The van der Waals surface area contributed by atoms with E-state index in [9.17, 15) is 4.79 Å². The summed E-state index contributed by atoms with van der Waals surface area (Å²) in [4.78, 5) is 19.7. The highest BCUT2D eigenvalue weighted by Crippen LogP contribution is 2.67. The van der Waals surface area contributed by atoms with Gasteiger partial charge in [0.05, 0.1) is 0 Å². The molecule has 1 fully saturated rings. The molecule has 2 aromatic carbocycles. The van der Waals surface area contributed by atoms with Crippen molar-refractivity contribution >= 4 is 17.5 Å². The zero-order valence-electron chi connectivity index (χ0n) is 14.6. The molecule has 4 rings (SSSR count). The van der Waals surface area contributed by atoms with Gasteiger partial charge in [0.15, 0.2) is 5.82 Å². The largest absolute Gasteiger partial charge is 0.289 e. The van der Waals surface area contributed by atoms with Crippen LogP contribution < -0.4 is 5.48 Å². The highest BCUT2D eigenvalue weighted by Gasteiger charge is 2.69. The number of nitrogens with zero attached hydrogens (tertiary/aromatic N) is 2. The monoisotopic (exact) mass is 379 g/mol. The summed E-state index contributed by atoms with van der Waals surface area (Å²) in [5.74, 6) is -0.391. The van der Waals surface area contributed by atoms with E-state index in [1.165, 1.54) is 0 Å². The number of hydroxylamine groups is 1. The molecule has 1 heterocycles. The smallest absolute Gasteiger partial charge is 0.265 e. The second-order valence-electron chi connectivity index (χ2n) is 6.78. The van der Waals surface area contributed by atoms with Crippen LogP contribution in [0.2, 0.25) is 0 Å². The van der Waals surface area contributed by atoms with Crippen molar-refractivity contribution in [1.29, 1.82) is 0 Å². The number of benzene rings is 2. The molecule has 0 radical (unpaired) electrons. The van der Waals surface area contributed by atoms with Gasteiger partial charge >= 0.3 is 0 Å². The Morgan fingerprint density at radius 2 is 1.56 bits per heavy atom. The third-order valence-electron chi connectivity index (χ3n) is 5.05. The lowest BCUT2D eigenvalue weighted by Gasteiger charge is -2.07. The van der Waals surface area contributed by atoms with Crippen LogP contribution in [0.15, 0.2) is 67.0 Å². The second kappa shape index (κ2) is 6.76. The van der Waals surface area contributed by atoms with E-state index in [1.54, 1.807) is 17.9 Å². The fraction of sp³-hybridized carbons (Fsp3) is 0.190. The Labute approximate surface area is 162 Å². The Kier molecular flexibility index (Phi) is 4.42. The molecule has 3 aromatic rings. The van der Waals surface area contributed by atoms with Gasteiger partial charge in [-0.3, -0.25) is 10.0 Å². The zero-order chi connectivity index (χ0) is 19.0. The topological polar surface area (TPSA) is 75.1 Å². The first kappa shape index (κ1) is 17.6. The molecule has 1 aliphatic rings. The average molecular weight is 380 g/mol. The molecule has 0 spiro atoms. The summed E-state index contributed by atoms with van der Waals surface area (Å²) in [6, 6.07) is 17.4. The van der Waals surface area contributed by atoms with Gasteiger partial charge in [0, 0.05) is 29.8 Å². The van der Waals surface area contributed by atoms with Crippen molar-refractivity contribution in [3.05, 3.63) is 83.7 Å². The molecule has 1 aliphatic carbocycles. The van der Waals surface area contributed by atoms with Crippen molar-refractivity contribution < 1.29 is 10.0 Å². The molecule has 3 atom stereocenters. The van der Waals surface area contributed by atoms with Gasteiger partial charge in [-0.05, 0) is 23.6 Å². The van der Waals surface area contributed by atoms with Crippen molar-refractivity contribution in [3.63, 3.8) is 0 Å². The maximum Gasteiger partial charge on any atom is 0.265 e. The van der Waals surface area contributed by atoms with Crippen LogP contribution in [0.4, 0.5) is 0 Å². The molecule has 1 aromatic heterocycles. The molecule has 2 N–H and O–H groups in total. The van der Waals surface area contributed by atoms with E-state index < -0.39 is 10.8 Å². The lowest BCUT2D eigenvalue weighted by molar-refractivity contribution is -0.129. The summed E-state index contributed by atoms with van der Waals surface area (Å²) in [6.07, 6.45) is 3.55. The number of carbonyl (C=O) groups excluding carboxylic acids is 1. The quantitative estimate of drug-likeness (QED) is 0.410. The molecular formula is C21H18ClN3O2. The molecule has 1 saturated carbocycles. The van der Waals surface area contributed by atoms with Crippen molar-refractivity contribution in [2.24, 2.45) is 0 Å². The van der Waals surface area contributed by atoms with E-state index in [0.29, 0.717) is 5.82 Å². The van der Waals surface area contributed by atoms with E-state index >= 15 is 0 Å². The predicted octanol–water partition coefficient (Wildman–Crippen LogP) is 3.82. The molecule has 0 bridgehead atoms. The molecule has 27 heavy (non-hydrogen) atoms. The number of hydrogen-bond acceptors (Lipinski definition) is 4. The maximum atomic E-state index is 12.3. The number of amides is 1. The van der Waals surface area contributed by atoms with E-state index in [0.717, 1.165) is 22.3 Å². The third kappa shape index (κ3) is 2.99. The van der Waals surface area contributed by atoms with Gasteiger partial charge in [0.25, 0.3) is 5.91 Å². The number of carbonyl (C=O) groups is 1. The highest BCUT2D eigenvalue weighted by atomic mass is 35.5. The molecule has 6 heteroatoms. The molecule has 0 saturated heterocycles. The maximum absolute atomic E-state index is 12.3. The molecule has 3 unspecified atom stereocenters. The van der Waals surface area contributed by atoms with Crippen LogP contribution in [0, 0.1) is 6.92 Å². The SMILES string of the molecule is Cc1cnc(-c2ccc(C3C(c4ccccc4)C3(Cl)C(=O)NO)cc2)nc1. The van der Waals surface area contributed by atoms with Crippen LogP contribution in [0.1, 0.15) is 28.5 Å². The minimum atomic E-state index is -1.21. The van der Waals surface area contributed by atoms with Gasteiger partial charge in [0.1, 0.15) is 4.87 Å². The first-order valence-corrected chi connectivity index (χ1v) is 9.01. The number of rotatable bonds is 4. The summed E-state index contributed by atoms with van der Waals surface area (Å²) < 4.78 is 0. The van der Waals surface area contributed by atoms with Gasteiger partial charge in [-0.1, -0.05) is 54.6 Å². The predicted molar refractivity (Wildman–Crippen MR) is 103 cm³/mol. The lowest BCUT2D eigenvalue weighted by Crippen LogP contribution is -2.32. The lowest BCUT2D eigenvalue weighted by atomic mass is 10.0. The number of aryl methyl sites for hydroxylation is 1. The van der Waals surface area contributed by atoms with Crippen LogP contribution in [0.3, 0.4) is 0 Å². The van der Waals surface area contributed by atoms with Gasteiger partial charge in [-0.15, -0.1) is 11.6 Å². The van der Waals surface area contributed by atoms with Crippen molar-refractivity contribution in [3.8, 4) is 11.4 Å². The second-order valence-corrected chi connectivity index (χ2v) is 7.41. The van der Waals surface area contributed by atoms with Crippen LogP contribution in [0.25, 0.3) is 11.4 Å². The van der Waals surface area contributed by atoms with Crippen molar-refractivity contribution in [2.45, 2.75) is 23.6 Å². The minimum Gasteiger partial charge on any atom is -0.289 e. The number of nitrogens with one attached hydrogen (secondary N) is 1. The first-order valence-electron chi connectivity index (χ1n) is 8.63. The first-order chi connectivity index (χ1) is 13.1. The van der Waals surface area contributed by atoms with Crippen LogP contribution in [0.5, 0.6) is 0 Å². The Morgan fingerprint density at radius 1 is 1.00 bits per heavy atom. The van der Waals surface area contributed by atoms with E-state index in [1.807, 2.05) is 61.5 Å². The van der Waals surface area contributed by atoms with Crippen LogP contribution in [-0.4, -0.2) is 26.0 Å². The highest BCUT2D eigenvalue weighted by molar-refractivity contribution is 6.39. The third-order valence-corrected chi connectivity index (χ3v) is 5.69. The van der Waals surface area contributed by atoms with Gasteiger partial charge in [-0.25, -0.2) is 15.4 Å². The van der Waals surface area contributed by atoms with Crippen LogP contribution in [-0.2, 0) is 4.79 Å². The fourth-order valence-corrected chi connectivity index (χ4v) is 4.12. The van der Waals surface area contributed by atoms with E-state index in [2.05, 4.69) is 9.97 Å². The Balaban J connectivity index is 1.67. The average Bonchev–Trinajstić information content (AvgIpc) is 3.35. The molecule has 5 nitrogen and oxygen atoms in total. The summed E-state index contributed by atoms with van der Waals surface area (Å²) in [6.45, 7) is 1.94. The van der Waals surface area contributed by atoms with Gasteiger partial charge < -0.3 is 0 Å². The van der Waals surface area contributed by atoms with E-state index in [-0.39, 0.29) is 11.8 Å². The summed E-state index contributed by atoms with van der Waals surface area (Å²) in [5, 5.41) is 9.15. The number of halogens is 1. The minimum absolute atomic E-state index is 0.214. The summed E-state index contributed by atoms with van der Waals surface area (Å²) in [5.41, 5.74) is 5.50. The Morgan fingerprint density at radius 3 is 2.11 bits per heavy atom. The molecule has 136 valence electrons. The Bertz CT molecular complexity index is 961. The standard InChI is InChI=1S/C21H18ClN3O2/c1-13-11-23-19(24-12-13)16-9-7-15(8-10-16)18-17(14-5-3-2-4-6-14)21(18,22)20(26)25-27/h2-12,17-18,27H,1H3,(H,25,26). The molecular weight excluding hydrogens is 362 g/mol. The zero-order valence-corrected chi connectivity index (χ0v) is 15.4. The Hall–Kier alpha value is -2.76. The summed E-state index contributed by atoms with van der Waals surface area (Å²) in [7, 11) is 0. The van der Waals surface area contributed by atoms with E-state index in [4.69, 9.17) is 16.8 Å². The molecule has 1 amide bonds. The number of hydrogen-bond donors (Lipinski definition) is 2. The van der Waals surface area contributed by atoms with Gasteiger partial charge in [0.2, 0.25) is 0 Å². The number of alkyl halides is 1. The number of aromatic nitrogens is 2. The summed E-state index contributed by atoms with van der Waals surface area (Å²) >= 11 is 6.67.